The van der Waals surface area contributed by atoms with Crippen LogP contribution < -0.4 is 15.0 Å². The Bertz CT molecular complexity index is 376. The maximum atomic E-state index is 5.51. The lowest BCUT2D eigenvalue weighted by Gasteiger charge is -2.23. The fourth-order valence-corrected chi connectivity index (χ4v) is 1.50. The summed E-state index contributed by atoms with van der Waals surface area (Å²) in [5.74, 6) is 1.34. The highest BCUT2D eigenvalue weighted by atomic mass is 16.5. The molecule has 5 heteroatoms. The van der Waals surface area contributed by atoms with Crippen LogP contribution in [0.3, 0.4) is 0 Å². The van der Waals surface area contributed by atoms with E-state index in [-0.39, 0.29) is 5.54 Å². The van der Waals surface area contributed by atoms with E-state index in [4.69, 9.17) is 4.74 Å². The third-order valence-corrected chi connectivity index (χ3v) is 2.52. The molecule has 0 aliphatic heterocycles. The number of anilines is 1. The normalized spacial score (nSPS) is 11.4. The molecule has 0 spiro atoms. The third-order valence-electron chi connectivity index (χ3n) is 2.52. The Morgan fingerprint density at radius 2 is 2.11 bits per heavy atom. The fourth-order valence-electron chi connectivity index (χ4n) is 1.50. The van der Waals surface area contributed by atoms with Gasteiger partial charge in [0.2, 0.25) is 11.8 Å². The summed E-state index contributed by atoms with van der Waals surface area (Å²) in [5, 5.41) is 3.44. The van der Waals surface area contributed by atoms with Crippen molar-refractivity contribution in [1.82, 2.24) is 15.3 Å². The van der Waals surface area contributed by atoms with Crippen molar-refractivity contribution in [2.75, 3.05) is 31.6 Å². The number of aromatic nitrogens is 2. The summed E-state index contributed by atoms with van der Waals surface area (Å²) in [6, 6.07) is 1.79. The highest BCUT2D eigenvalue weighted by Gasteiger charge is 2.10. The van der Waals surface area contributed by atoms with Gasteiger partial charge in [0.1, 0.15) is 0 Å². The van der Waals surface area contributed by atoms with Crippen molar-refractivity contribution in [2.24, 2.45) is 0 Å². The van der Waals surface area contributed by atoms with E-state index in [0.29, 0.717) is 18.4 Å². The van der Waals surface area contributed by atoms with Gasteiger partial charge in [-0.15, -0.1) is 0 Å². The third kappa shape index (κ3) is 6.38. The van der Waals surface area contributed by atoms with Crippen molar-refractivity contribution < 1.29 is 4.74 Å². The maximum Gasteiger partial charge on any atom is 0.228 e. The van der Waals surface area contributed by atoms with Crippen LogP contribution in [0.2, 0.25) is 0 Å². The number of likely N-dealkylation sites (N-methyl/N-ethyl adjacent to an activating group) is 1. The van der Waals surface area contributed by atoms with Crippen LogP contribution in [0, 0.1) is 0 Å². The monoisotopic (exact) mass is 266 g/mol. The molecule has 0 amide bonds. The molecule has 1 aromatic rings. The summed E-state index contributed by atoms with van der Waals surface area (Å²) in [6.07, 6.45) is 2.71. The summed E-state index contributed by atoms with van der Waals surface area (Å²) in [7, 11) is 1.99. The van der Waals surface area contributed by atoms with E-state index in [2.05, 4.69) is 43.0 Å². The predicted octanol–water partition coefficient (Wildman–Crippen LogP) is 2.09. The van der Waals surface area contributed by atoms with Crippen LogP contribution in [0.5, 0.6) is 5.88 Å². The van der Waals surface area contributed by atoms with Crippen LogP contribution in [-0.2, 0) is 0 Å². The standard InChI is InChI=1S/C14H26N4O/c1-6-11-19-12-7-8-15-13(17-12)18(5)10-9-16-14(2,3)4/h7-8,16H,6,9-11H2,1-5H3. The van der Waals surface area contributed by atoms with Crippen LogP contribution in [0.1, 0.15) is 34.1 Å². The first-order chi connectivity index (χ1) is 8.92. The molecular weight excluding hydrogens is 240 g/mol. The molecule has 0 saturated heterocycles. The van der Waals surface area contributed by atoms with Crippen LogP contribution >= 0.6 is 0 Å². The zero-order valence-electron chi connectivity index (χ0n) is 12.7. The van der Waals surface area contributed by atoms with Crippen molar-refractivity contribution in [1.29, 1.82) is 0 Å². The maximum absolute atomic E-state index is 5.51. The zero-order valence-corrected chi connectivity index (χ0v) is 12.7. The minimum absolute atomic E-state index is 0.133. The van der Waals surface area contributed by atoms with Gasteiger partial charge >= 0.3 is 0 Å². The molecule has 0 aliphatic rings. The number of ether oxygens (including phenoxy) is 1. The summed E-state index contributed by atoms with van der Waals surface area (Å²) >= 11 is 0. The molecular formula is C14H26N4O. The van der Waals surface area contributed by atoms with Crippen LogP contribution in [0.25, 0.3) is 0 Å². The van der Waals surface area contributed by atoms with Crippen LogP contribution in [-0.4, -0.2) is 42.3 Å². The lowest BCUT2D eigenvalue weighted by Crippen LogP contribution is -2.40. The van der Waals surface area contributed by atoms with Gasteiger partial charge < -0.3 is 15.0 Å². The van der Waals surface area contributed by atoms with E-state index in [1.807, 2.05) is 11.9 Å². The first-order valence-electron chi connectivity index (χ1n) is 6.84. The van der Waals surface area contributed by atoms with Gasteiger partial charge in [-0.2, -0.15) is 4.98 Å². The van der Waals surface area contributed by atoms with E-state index in [1.54, 1.807) is 12.3 Å². The Labute approximate surface area is 116 Å². The lowest BCUT2D eigenvalue weighted by atomic mass is 10.1. The first kappa shape index (κ1) is 15.7. The van der Waals surface area contributed by atoms with E-state index < -0.39 is 0 Å². The van der Waals surface area contributed by atoms with Gasteiger partial charge in [-0.25, -0.2) is 4.98 Å². The molecule has 1 rings (SSSR count). The predicted molar refractivity (Wildman–Crippen MR) is 78.8 cm³/mol. The molecule has 108 valence electrons. The fraction of sp³-hybridized carbons (Fsp3) is 0.714. The number of hydrogen-bond donors (Lipinski definition) is 1. The number of nitrogens with zero attached hydrogens (tertiary/aromatic N) is 3. The molecule has 0 aromatic carbocycles. The Morgan fingerprint density at radius 1 is 1.37 bits per heavy atom. The van der Waals surface area contributed by atoms with Gasteiger partial charge in [-0.3, -0.25) is 0 Å². The van der Waals surface area contributed by atoms with Gasteiger partial charge in [0.15, 0.2) is 0 Å². The number of rotatable bonds is 7. The zero-order chi connectivity index (χ0) is 14.3. The highest BCUT2D eigenvalue weighted by Crippen LogP contribution is 2.11. The summed E-state index contributed by atoms with van der Waals surface area (Å²) in [5.41, 5.74) is 0.133. The summed E-state index contributed by atoms with van der Waals surface area (Å²) < 4.78 is 5.51. The van der Waals surface area contributed by atoms with Gasteiger partial charge in [0.25, 0.3) is 0 Å². The summed E-state index contributed by atoms with van der Waals surface area (Å²) in [6.45, 7) is 11.0. The Balaban J connectivity index is 2.49. The Kier molecular flexibility index (Phi) is 6.02. The van der Waals surface area contributed by atoms with Crippen molar-refractivity contribution in [3.8, 4) is 5.88 Å². The van der Waals surface area contributed by atoms with Crippen molar-refractivity contribution in [2.45, 2.75) is 39.7 Å². The Hall–Kier alpha value is -1.36. The molecule has 0 radical (unpaired) electrons. The first-order valence-corrected chi connectivity index (χ1v) is 6.84. The number of nitrogens with one attached hydrogen (secondary N) is 1. The molecule has 5 nitrogen and oxygen atoms in total. The second kappa shape index (κ2) is 7.28. The molecule has 19 heavy (non-hydrogen) atoms. The molecule has 0 fully saturated rings. The van der Waals surface area contributed by atoms with Crippen molar-refractivity contribution >= 4 is 5.95 Å². The van der Waals surface area contributed by atoms with E-state index in [1.165, 1.54) is 0 Å². The lowest BCUT2D eigenvalue weighted by molar-refractivity contribution is 0.305. The average Bonchev–Trinajstić information content (AvgIpc) is 2.35. The van der Waals surface area contributed by atoms with E-state index >= 15 is 0 Å². The molecule has 1 N–H and O–H groups in total. The number of hydrogen-bond acceptors (Lipinski definition) is 5. The van der Waals surface area contributed by atoms with Gasteiger partial charge in [-0.1, -0.05) is 6.92 Å². The Morgan fingerprint density at radius 3 is 2.74 bits per heavy atom. The average molecular weight is 266 g/mol. The largest absolute Gasteiger partial charge is 0.478 e. The molecule has 1 heterocycles. The van der Waals surface area contributed by atoms with E-state index in [9.17, 15) is 0 Å². The van der Waals surface area contributed by atoms with Crippen molar-refractivity contribution in [3.05, 3.63) is 12.3 Å². The summed E-state index contributed by atoms with van der Waals surface area (Å²) in [4.78, 5) is 10.7. The topological polar surface area (TPSA) is 50.3 Å². The minimum atomic E-state index is 0.133. The highest BCUT2D eigenvalue weighted by molar-refractivity contribution is 5.30. The SMILES string of the molecule is CCCOc1ccnc(N(C)CCNC(C)(C)C)n1. The van der Waals surface area contributed by atoms with Gasteiger partial charge in [0, 0.05) is 37.9 Å². The molecule has 1 aromatic heterocycles. The van der Waals surface area contributed by atoms with Crippen molar-refractivity contribution in [3.63, 3.8) is 0 Å². The molecule has 0 unspecified atom stereocenters. The quantitative estimate of drug-likeness (QED) is 0.819. The molecule has 0 atom stereocenters. The molecule has 0 aliphatic carbocycles. The van der Waals surface area contributed by atoms with E-state index in [0.717, 1.165) is 19.5 Å². The van der Waals surface area contributed by atoms with Crippen LogP contribution in [0.4, 0.5) is 5.95 Å². The van der Waals surface area contributed by atoms with Gasteiger partial charge in [0.05, 0.1) is 6.61 Å². The van der Waals surface area contributed by atoms with Gasteiger partial charge in [-0.05, 0) is 27.2 Å². The van der Waals surface area contributed by atoms with Crippen LogP contribution in [0.15, 0.2) is 12.3 Å². The molecule has 0 bridgehead atoms. The molecule has 0 saturated carbocycles. The minimum Gasteiger partial charge on any atom is -0.478 e. The smallest absolute Gasteiger partial charge is 0.228 e. The second-order valence-corrected chi connectivity index (χ2v) is 5.64. The second-order valence-electron chi connectivity index (χ2n) is 5.64.